The van der Waals surface area contributed by atoms with E-state index in [4.69, 9.17) is 5.73 Å². The Bertz CT molecular complexity index is 437. The van der Waals surface area contributed by atoms with E-state index in [-0.39, 0.29) is 5.12 Å². The van der Waals surface area contributed by atoms with Crippen LogP contribution in [0, 0.1) is 0 Å². The minimum absolute atomic E-state index is 0.0162. The summed E-state index contributed by atoms with van der Waals surface area (Å²) >= 11 is 1.15. The first-order valence-electron chi connectivity index (χ1n) is 6.33. The number of hydrogen-bond donors (Lipinski definition) is 3. The molecule has 0 saturated carbocycles. The molecule has 5 heteroatoms. The molecule has 0 spiro atoms. The van der Waals surface area contributed by atoms with Gasteiger partial charge in [0.2, 0.25) is 0 Å². The molecule has 2 atom stereocenters. The van der Waals surface area contributed by atoms with Crippen LogP contribution in [0.3, 0.4) is 0 Å². The first-order chi connectivity index (χ1) is 8.95. The van der Waals surface area contributed by atoms with E-state index < -0.39 is 12.2 Å². The molecule has 0 aromatic heterocycles. The van der Waals surface area contributed by atoms with Crippen molar-refractivity contribution in [3.63, 3.8) is 0 Å². The largest absolute Gasteiger partial charge is 0.399 e. The molecule has 0 amide bonds. The normalized spacial score (nSPS) is 14.1. The zero-order valence-corrected chi connectivity index (χ0v) is 12.1. The summed E-state index contributed by atoms with van der Waals surface area (Å²) in [6.45, 7) is 3.47. The van der Waals surface area contributed by atoms with Crippen LogP contribution < -0.4 is 5.73 Å². The lowest BCUT2D eigenvalue weighted by molar-refractivity contribution is -0.109. The number of carbonyl (C=O) groups excluding carboxylic acids is 1. The molecule has 1 rings (SSSR count). The number of aliphatic hydroxyl groups excluding tert-OH is 2. The fraction of sp³-hybridized carbons (Fsp3) is 0.500. The highest BCUT2D eigenvalue weighted by Crippen LogP contribution is 2.24. The van der Waals surface area contributed by atoms with E-state index >= 15 is 0 Å². The van der Waals surface area contributed by atoms with Crippen molar-refractivity contribution in [2.45, 2.75) is 38.9 Å². The van der Waals surface area contributed by atoms with E-state index in [0.29, 0.717) is 23.4 Å². The first kappa shape index (κ1) is 16.0. The van der Waals surface area contributed by atoms with E-state index in [1.54, 1.807) is 12.1 Å². The second kappa shape index (κ2) is 7.53. The predicted molar refractivity (Wildman–Crippen MR) is 79.0 cm³/mol. The summed E-state index contributed by atoms with van der Waals surface area (Å²) in [5.41, 5.74) is 8.12. The van der Waals surface area contributed by atoms with Crippen molar-refractivity contribution in [3.8, 4) is 0 Å². The Morgan fingerprint density at radius 1 is 1.42 bits per heavy atom. The summed E-state index contributed by atoms with van der Waals surface area (Å²) in [5, 5.41) is 20.0. The Kier molecular flexibility index (Phi) is 6.34. The number of aryl methyl sites for hydroxylation is 1. The Hall–Kier alpha value is -1.04. The summed E-state index contributed by atoms with van der Waals surface area (Å²) in [6, 6.07) is 5.29. The van der Waals surface area contributed by atoms with Gasteiger partial charge in [-0.15, -0.1) is 0 Å². The molecule has 4 N–H and O–H groups in total. The molecule has 19 heavy (non-hydrogen) atoms. The molecule has 4 nitrogen and oxygen atoms in total. The fourth-order valence-corrected chi connectivity index (χ4v) is 2.47. The molecule has 0 radical (unpaired) electrons. The zero-order chi connectivity index (χ0) is 14.4. The zero-order valence-electron chi connectivity index (χ0n) is 11.3. The SMILES string of the molecule is CCc1cc(C(O)C(O)CCSC(C)=O)ccc1N. The molecular formula is C14H21NO3S. The molecule has 0 heterocycles. The van der Waals surface area contributed by atoms with Gasteiger partial charge in [-0.25, -0.2) is 0 Å². The number of rotatable bonds is 6. The Balaban J connectivity index is 2.65. The molecule has 2 unspecified atom stereocenters. The molecule has 1 aromatic rings. The third-order valence-electron chi connectivity index (χ3n) is 2.97. The Labute approximate surface area is 118 Å². The molecule has 0 saturated heterocycles. The molecular weight excluding hydrogens is 262 g/mol. The van der Waals surface area contributed by atoms with Crippen molar-refractivity contribution in [3.05, 3.63) is 29.3 Å². The molecule has 0 fully saturated rings. The number of hydrogen-bond acceptors (Lipinski definition) is 5. The number of thioether (sulfide) groups is 1. The number of benzene rings is 1. The lowest BCUT2D eigenvalue weighted by Crippen LogP contribution is -2.19. The van der Waals surface area contributed by atoms with Gasteiger partial charge in [-0.3, -0.25) is 4.79 Å². The topological polar surface area (TPSA) is 83.5 Å². The van der Waals surface area contributed by atoms with Crippen molar-refractivity contribution >= 4 is 22.6 Å². The van der Waals surface area contributed by atoms with Gasteiger partial charge in [-0.05, 0) is 30.0 Å². The summed E-state index contributed by atoms with van der Waals surface area (Å²) in [6.07, 6.45) is -0.668. The van der Waals surface area contributed by atoms with Gasteiger partial charge in [0.05, 0.1) is 6.10 Å². The van der Waals surface area contributed by atoms with Crippen molar-refractivity contribution in [2.75, 3.05) is 11.5 Å². The number of aliphatic hydroxyl groups is 2. The smallest absolute Gasteiger partial charge is 0.185 e. The minimum Gasteiger partial charge on any atom is -0.399 e. The fourth-order valence-electron chi connectivity index (χ4n) is 1.82. The summed E-state index contributed by atoms with van der Waals surface area (Å²) in [4.78, 5) is 10.8. The van der Waals surface area contributed by atoms with E-state index in [1.165, 1.54) is 6.92 Å². The van der Waals surface area contributed by atoms with Crippen LogP contribution in [0.15, 0.2) is 18.2 Å². The predicted octanol–water partition coefficient (Wildman–Crippen LogP) is 1.90. The Morgan fingerprint density at radius 2 is 2.11 bits per heavy atom. The van der Waals surface area contributed by atoms with Gasteiger partial charge in [0, 0.05) is 18.4 Å². The quantitative estimate of drug-likeness (QED) is 0.694. The maximum atomic E-state index is 10.8. The lowest BCUT2D eigenvalue weighted by Gasteiger charge is -2.19. The molecule has 106 valence electrons. The van der Waals surface area contributed by atoms with Crippen LogP contribution in [0.25, 0.3) is 0 Å². The summed E-state index contributed by atoms with van der Waals surface area (Å²) < 4.78 is 0. The van der Waals surface area contributed by atoms with Crippen molar-refractivity contribution in [1.29, 1.82) is 0 Å². The van der Waals surface area contributed by atoms with E-state index in [9.17, 15) is 15.0 Å². The number of nitrogen functional groups attached to an aromatic ring is 1. The monoisotopic (exact) mass is 283 g/mol. The molecule has 0 bridgehead atoms. The van der Waals surface area contributed by atoms with Gasteiger partial charge in [-0.2, -0.15) is 0 Å². The van der Waals surface area contributed by atoms with Crippen LogP contribution >= 0.6 is 11.8 Å². The van der Waals surface area contributed by atoms with Crippen LogP contribution in [0.2, 0.25) is 0 Å². The minimum atomic E-state index is -0.946. The average molecular weight is 283 g/mol. The molecule has 0 aliphatic rings. The van der Waals surface area contributed by atoms with Crippen LogP contribution in [0.1, 0.15) is 37.5 Å². The second-order valence-electron chi connectivity index (χ2n) is 4.45. The first-order valence-corrected chi connectivity index (χ1v) is 7.32. The summed E-state index contributed by atoms with van der Waals surface area (Å²) in [5.74, 6) is 0.503. The van der Waals surface area contributed by atoms with E-state index in [1.807, 2.05) is 13.0 Å². The van der Waals surface area contributed by atoms with Gasteiger partial charge < -0.3 is 15.9 Å². The standard InChI is InChI=1S/C14H21NO3S/c1-3-10-8-11(4-5-12(10)15)14(18)13(17)6-7-19-9(2)16/h4-5,8,13-14,17-18H,3,6-7,15H2,1-2H3. The van der Waals surface area contributed by atoms with Gasteiger partial charge in [-0.1, -0.05) is 30.8 Å². The molecule has 1 aromatic carbocycles. The van der Waals surface area contributed by atoms with E-state index in [0.717, 1.165) is 23.7 Å². The highest BCUT2D eigenvalue weighted by atomic mass is 32.2. The van der Waals surface area contributed by atoms with Crippen LogP contribution in [0.5, 0.6) is 0 Å². The van der Waals surface area contributed by atoms with E-state index in [2.05, 4.69) is 0 Å². The lowest BCUT2D eigenvalue weighted by atomic mass is 9.99. The molecule has 0 aliphatic carbocycles. The Morgan fingerprint density at radius 3 is 2.68 bits per heavy atom. The maximum Gasteiger partial charge on any atom is 0.185 e. The second-order valence-corrected chi connectivity index (χ2v) is 5.72. The van der Waals surface area contributed by atoms with Crippen LogP contribution in [0.4, 0.5) is 5.69 Å². The summed E-state index contributed by atoms with van der Waals surface area (Å²) in [7, 11) is 0. The maximum absolute atomic E-state index is 10.8. The third-order valence-corrected chi connectivity index (χ3v) is 3.82. The molecule has 0 aliphatic heterocycles. The highest BCUT2D eigenvalue weighted by molar-refractivity contribution is 8.13. The van der Waals surface area contributed by atoms with Gasteiger partial charge in [0.1, 0.15) is 6.10 Å². The van der Waals surface area contributed by atoms with Crippen molar-refractivity contribution in [2.24, 2.45) is 0 Å². The number of nitrogens with two attached hydrogens (primary N) is 1. The number of carbonyl (C=O) groups is 1. The van der Waals surface area contributed by atoms with Crippen LogP contribution in [-0.2, 0) is 11.2 Å². The number of anilines is 1. The van der Waals surface area contributed by atoms with Crippen LogP contribution in [-0.4, -0.2) is 27.2 Å². The van der Waals surface area contributed by atoms with Crippen molar-refractivity contribution in [1.82, 2.24) is 0 Å². The highest BCUT2D eigenvalue weighted by Gasteiger charge is 2.19. The average Bonchev–Trinajstić information content (AvgIpc) is 2.38. The van der Waals surface area contributed by atoms with Gasteiger partial charge in [0.15, 0.2) is 5.12 Å². The van der Waals surface area contributed by atoms with Crippen molar-refractivity contribution < 1.29 is 15.0 Å². The van der Waals surface area contributed by atoms with Gasteiger partial charge in [0.25, 0.3) is 0 Å². The third kappa shape index (κ3) is 4.86. The van der Waals surface area contributed by atoms with Gasteiger partial charge >= 0.3 is 0 Å².